The molecular weight excluding hydrogens is 783 g/mol. The summed E-state index contributed by atoms with van der Waals surface area (Å²) in [5.74, 6) is 2.36. The summed E-state index contributed by atoms with van der Waals surface area (Å²) in [7, 11) is 0. The zero-order valence-electron chi connectivity index (χ0n) is 34.5. The molecule has 0 saturated heterocycles. The second-order valence-electron chi connectivity index (χ2n) is 15.9. The molecule has 0 aliphatic carbocycles. The molecular formula is C58H37N5O. The first-order valence-electron chi connectivity index (χ1n) is 21.4. The molecule has 6 nitrogen and oxygen atoms in total. The predicted molar refractivity (Wildman–Crippen MR) is 260 cm³/mol. The summed E-state index contributed by atoms with van der Waals surface area (Å²) in [5.41, 5.74) is 15.1. The number of aromatic nitrogens is 5. The van der Waals surface area contributed by atoms with Gasteiger partial charge in [-0.2, -0.15) is 0 Å². The number of para-hydroxylation sites is 2. The molecule has 0 amide bonds. The van der Waals surface area contributed by atoms with Gasteiger partial charge in [0.05, 0.1) is 11.0 Å². The Kier molecular flexibility index (Phi) is 9.05. The van der Waals surface area contributed by atoms with E-state index in [2.05, 4.69) is 150 Å². The molecule has 9 aromatic carbocycles. The van der Waals surface area contributed by atoms with E-state index in [4.69, 9.17) is 24.4 Å². The van der Waals surface area contributed by atoms with Crippen molar-refractivity contribution in [1.29, 1.82) is 0 Å². The van der Waals surface area contributed by atoms with E-state index in [0.717, 1.165) is 72.2 Å². The maximum absolute atomic E-state index is 6.25. The molecule has 300 valence electrons. The molecule has 0 spiro atoms. The second-order valence-corrected chi connectivity index (χ2v) is 15.9. The van der Waals surface area contributed by atoms with Crippen LogP contribution in [0.3, 0.4) is 0 Å². The largest absolute Gasteiger partial charge is 0.436 e. The Morgan fingerprint density at radius 1 is 0.312 bits per heavy atom. The molecule has 0 bridgehead atoms. The molecule has 0 radical (unpaired) electrons. The highest BCUT2D eigenvalue weighted by Crippen LogP contribution is 2.39. The van der Waals surface area contributed by atoms with Gasteiger partial charge in [0, 0.05) is 44.3 Å². The van der Waals surface area contributed by atoms with E-state index in [1.54, 1.807) is 0 Å². The van der Waals surface area contributed by atoms with E-state index in [1.165, 1.54) is 22.1 Å². The normalized spacial score (nSPS) is 11.4. The quantitative estimate of drug-likeness (QED) is 0.153. The van der Waals surface area contributed by atoms with Gasteiger partial charge < -0.3 is 8.98 Å². The summed E-state index contributed by atoms with van der Waals surface area (Å²) in [6.45, 7) is 0. The van der Waals surface area contributed by atoms with Crippen molar-refractivity contribution < 1.29 is 4.42 Å². The van der Waals surface area contributed by atoms with Crippen LogP contribution >= 0.6 is 0 Å². The summed E-state index contributed by atoms with van der Waals surface area (Å²) in [5, 5.41) is 2.32. The highest BCUT2D eigenvalue weighted by Gasteiger charge is 2.19. The number of hydrogen-bond acceptors (Lipinski definition) is 5. The van der Waals surface area contributed by atoms with Crippen LogP contribution in [0.1, 0.15) is 0 Å². The Labute approximate surface area is 369 Å². The van der Waals surface area contributed by atoms with E-state index in [0.29, 0.717) is 23.4 Å². The number of benzene rings is 9. The monoisotopic (exact) mass is 819 g/mol. The van der Waals surface area contributed by atoms with Crippen LogP contribution in [0, 0.1) is 0 Å². The number of nitrogens with zero attached hydrogens (tertiary/aromatic N) is 5. The van der Waals surface area contributed by atoms with E-state index in [9.17, 15) is 0 Å². The summed E-state index contributed by atoms with van der Waals surface area (Å²) < 4.78 is 8.59. The number of hydrogen-bond donors (Lipinski definition) is 0. The Morgan fingerprint density at radius 2 is 0.828 bits per heavy atom. The maximum atomic E-state index is 6.25. The zero-order chi connectivity index (χ0) is 42.4. The molecule has 0 N–H and O–H groups in total. The standard InChI is InChI=1S/C58H37N5O/c1-5-16-38(17-6-1)41-22-13-23-42(34-41)43-31-33-51-50(36-43)49-32-30-46(37-52(49)63(51)47-26-11-4-12-27-47)57-61-55(39-18-7-2-8-19-39)60-56(62-57)45-25-14-24-44(35-45)48-28-15-29-53-54(48)59-58(64-53)40-20-9-3-10-21-40/h1-37H. The lowest BCUT2D eigenvalue weighted by Crippen LogP contribution is -2.00. The lowest BCUT2D eigenvalue weighted by molar-refractivity contribution is 0.620. The van der Waals surface area contributed by atoms with Gasteiger partial charge in [0.25, 0.3) is 0 Å². The minimum atomic E-state index is 0.578. The van der Waals surface area contributed by atoms with Gasteiger partial charge in [-0.05, 0) is 88.5 Å². The van der Waals surface area contributed by atoms with E-state index < -0.39 is 0 Å². The van der Waals surface area contributed by atoms with Crippen molar-refractivity contribution >= 4 is 32.9 Å². The van der Waals surface area contributed by atoms with Crippen molar-refractivity contribution in [3.8, 4) is 84.7 Å². The van der Waals surface area contributed by atoms with Gasteiger partial charge in [0.1, 0.15) is 5.52 Å². The Morgan fingerprint density at radius 3 is 1.55 bits per heavy atom. The average Bonchev–Trinajstić information content (AvgIpc) is 3.97. The highest BCUT2D eigenvalue weighted by atomic mass is 16.3. The maximum Gasteiger partial charge on any atom is 0.227 e. The molecule has 0 fully saturated rings. The molecule has 0 aliphatic rings. The Bertz CT molecular complexity index is 3660. The van der Waals surface area contributed by atoms with Gasteiger partial charge in [0.2, 0.25) is 5.89 Å². The lowest BCUT2D eigenvalue weighted by Gasteiger charge is -2.11. The zero-order valence-corrected chi connectivity index (χ0v) is 34.5. The number of oxazole rings is 1. The van der Waals surface area contributed by atoms with E-state index >= 15 is 0 Å². The molecule has 0 unspecified atom stereocenters. The van der Waals surface area contributed by atoms with Crippen molar-refractivity contribution in [1.82, 2.24) is 24.5 Å². The van der Waals surface area contributed by atoms with Crippen LogP contribution in [0.5, 0.6) is 0 Å². The fourth-order valence-electron chi connectivity index (χ4n) is 8.77. The van der Waals surface area contributed by atoms with Crippen LogP contribution < -0.4 is 0 Å². The molecule has 0 atom stereocenters. The smallest absolute Gasteiger partial charge is 0.227 e. The van der Waals surface area contributed by atoms with Crippen molar-refractivity contribution in [3.63, 3.8) is 0 Å². The van der Waals surface area contributed by atoms with Gasteiger partial charge in [0.15, 0.2) is 23.1 Å². The highest BCUT2D eigenvalue weighted by molar-refractivity contribution is 6.11. The topological polar surface area (TPSA) is 69.6 Å². The van der Waals surface area contributed by atoms with Gasteiger partial charge in [-0.25, -0.2) is 19.9 Å². The first kappa shape index (κ1) is 37.1. The molecule has 64 heavy (non-hydrogen) atoms. The molecule has 0 saturated carbocycles. The van der Waals surface area contributed by atoms with Crippen molar-refractivity contribution in [3.05, 3.63) is 224 Å². The van der Waals surface area contributed by atoms with Gasteiger partial charge in [-0.15, -0.1) is 0 Å². The predicted octanol–water partition coefficient (Wildman–Crippen LogP) is 14.8. The summed E-state index contributed by atoms with van der Waals surface area (Å²) in [6.07, 6.45) is 0. The SMILES string of the molecule is c1ccc(-c2cccc(-c3ccc4c(c3)c3ccc(-c5nc(-c6ccccc6)nc(-c6cccc(-c7cccc8oc(-c9ccccc9)nc78)c6)n5)cc3n4-c3ccccc3)c2)cc1. The number of fused-ring (bicyclic) bond motifs is 4. The van der Waals surface area contributed by atoms with Crippen LogP contribution in [0.15, 0.2) is 229 Å². The third kappa shape index (κ3) is 6.71. The fourth-order valence-corrected chi connectivity index (χ4v) is 8.77. The molecule has 12 aromatic rings. The van der Waals surface area contributed by atoms with Gasteiger partial charge in [-0.1, -0.05) is 164 Å². The van der Waals surface area contributed by atoms with Crippen LogP contribution in [0.25, 0.3) is 118 Å². The first-order valence-corrected chi connectivity index (χ1v) is 21.4. The summed E-state index contributed by atoms with van der Waals surface area (Å²) >= 11 is 0. The molecule has 0 aliphatic heterocycles. The Balaban J connectivity index is 0.996. The van der Waals surface area contributed by atoms with E-state index in [1.807, 2.05) is 78.9 Å². The number of rotatable bonds is 8. The van der Waals surface area contributed by atoms with Crippen molar-refractivity contribution in [2.45, 2.75) is 0 Å². The summed E-state index contributed by atoms with van der Waals surface area (Å²) in [4.78, 5) is 20.4. The Hall–Kier alpha value is -8.74. The molecule has 3 heterocycles. The van der Waals surface area contributed by atoms with Gasteiger partial charge >= 0.3 is 0 Å². The van der Waals surface area contributed by atoms with Crippen molar-refractivity contribution in [2.24, 2.45) is 0 Å². The van der Waals surface area contributed by atoms with Crippen LogP contribution in [0.2, 0.25) is 0 Å². The fraction of sp³-hybridized carbons (Fsp3) is 0. The minimum absolute atomic E-state index is 0.578. The molecule has 12 rings (SSSR count). The van der Waals surface area contributed by atoms with Crippen LogP contribution in [-0.4, -0.2) is 24.5 Å². The third-order valence-corrected chi connectivity index (χ3v) is 11.9. The first-order chi connectivity index (χ1) is 31.7. The summed E-state index contributed by atoms with van der Waals surface area (Å²) in [6, 6.07) is 77.7. The van der Waals surface area contributed by atoms with E-state index in [-0.39, 0.29) is 0 Å². The average molecular weight is 820 g/mol. The third-order valence-electron chi connectivity index (χ3n) is 11.9. The van der Waals surface area contributed by atoms with Gasteiger partial charge in [-0.3, -0.25) is 0 Å². The molecule has 3 aromatic heterocycles. The second kappa shape index (κ2) is 15.6. The lowest BCUT2D eigenvalue weighted by atomic mass is 9.98. The van der Waals surface area contributed by atoms with Crippen LogP contribution in [0.4, 0.5) is 0 Å². The minimum Gasteiger partial charge on any atom is -0.436 e. The van der Waals surface area contributed by atoms with Crippen molar-refractivity contribution in [2.75, 3.05) is 0 Å². The molecule has 6 heteroatoms. The van der Waals surface area contributed by atoms with Crippen LogP contribution in [-0.2, 0) is 0 Å².